The molecule has 0 atom stereocenters. The van der Waals surface area contributed by atoms with Gasteiger partial charge < -0.3 is 4.74 Å². The molecule has 1 aliphatic rings. The smallest absolute Gasteiger partial charge is 0.123 e. The predicted octanol–water partition coefficient (Wildman–Crippen LogP) is 3.48. The van der Waals surface area contributed by atoms with Gasteiger partial charge in [0, 0.05) is 5.56 Å². The van der Waals surface area contributed by atoms with Crippen molar-refractivity contribution in [1.29, 1.82) is 0 Å². The Morgan fingerprint density at radius 1 is 1.40 bits per heavy atom. The first kappa shape index (κ1) is 10.9. The van der Waals surface area contributed by atoms with Gasteiger partial charge in [-0.15, -0.1) is 0 Å². The van der Waals surface area contributed by atoms with E-state index in [0.717, 1.165) is 16.0 Å². The summed E-state index contributed by atoms with van der Waals surface area (Å²) in [4.78, 5) is 4.41. The molecule has 0 aromatic heterocycles. The second kappa shape index (κ2) is 4.12. The van der Waals surface area contributed by atoms with Crippen molar-refractivity contribution in [2.75, 3.05) is 0 Å². The second-order valence-electron chi connectivity index (χ2n) is 4.05. The summed E-state index contributed by atoms with van der Waals surface area (Å²) in [7, 11) is 0. The van der Waals surface area contributed by atoms with Crippen molar-refractivity contribution in [1.82, 2.24) is 0 Å². The molecule has 2 nitrogen and oxygen atoms in total. The highest BCUT2D eigenvalue weighted by atomic mass is 127. The van der Waals surface area contributed by atoms with Crippen LogP contribution in [0.25, 0.3) is 0 Å². The summed E-state index contributed by atoms with van der Waals surface area (Å²) in [5.41, 5.74) is 3.74. The van der Waals surface area contributed by atoms with Crippen molar-refractivity contribution >= 4 is 26.3 Å². The zero-order valence-electron chi connectivity index (χ0n) is 9.17. The zero-order chi connectivity index (χ0) is 11.0. The van der Waals surface area contributed by atoms with Crippen molar-refractivity contribution in [3.8, 4) is 5.75 Å². The molecule has 0 unspecified atom stereocenters. The van der Waals surface area contributed by atoms with Gasteiger partial charge in [0.15, 0.2) is 0 Å². The Bertz CT molecular complexity index is 424. The molecule has 80 valence electrons. The van der Waals surface area contributed by atoms with Gasteiger partial charge in [-0.1, -0.05) is 0 Å². The Labute approximate surface area is 104 Å². The number of ether oxygens (including phenoxy) is 1. The number of aliphatic imine (C=N–C) groups is 1. The van der Waals surface area contributed by atoms with E-state index in [9.17, 15) is 0 Å². The van der Waals surface area contributed by atoms with Crippen LogP contribution in [0.5, 0.6) is 5.75 Å². The Kier molecular flexibility index (Phi) is 3.00. The fraction of sp³-hybridized carbons (Fsp3) is 0.417. The van der Waals surface area contributed by atoms with Gasteiger partial charge in [-0.05, 0) is 66.6 Å². The van der Waals surface area contributed by atoms with Gasteiger partial charge in [-0.3, -0.25) is 4.99 Å². The summed E-state index contributed by atoms with van der Waals surface area (Å²) in [6, 6.07) is 4.30. The van der Waals surface area contributed by atoms with E-state index in [-0.39, 0.29) is 6.10 Å². The average Bonchev–Trinajstić information content (AvgIpc) is 2.48. The van der Waals surface area contributed by atoms with Crippen LogP contribution in [0.2, 0.25) is 0 Å². The molecular weight excluding hydrogens is 301 g/mol. The minimum Gasteiger partial charge on any atom is -0.491 e. The van der Waals surface area contributed by atoms with E-state index < -0.39 is 0 Å². The van der Waals surface area contributed by atoms with Crippen molar-refractivity contribution in [2.45, 2.75) is 33.4 Å². The van der Waals surface area contributed by atoms with Gasteiger partial charge in [-0.25, -0.2) is 0 Å². The maximum absolute atomic E-state index is 5.76. The third kappa shape index (κ3) is 2.17. The van der Waals surface area contributed by atoms with Crippen molar-refractivity contribution in [3.63, 3.8) is 0 Å². The molecule has 15 heavy (non-hydrogen) atoms. The van der Waals surface area contributed by atoms with Gasteiger partial charge >= 0.3 is 0 Å². The summed E-state index contributed by atoms with van der Waals surface area (Å²) in [5.74, 6) is 0.981. The number of benzene rings is 1. The van der Waals surface area contributed by atoms with E-state index in [1.807, 2.05) is 13.8 Å². The van der Waals surface area contributed by atoms with Crippen LogP contribution < -0.4 is 4.74 Å². The molecule has 3 heteroatoms. The first-order valence-electron chi connectivity index (χ1n) is 5.08. The molecule has 0 saturated heterocycles. The highest BCUT2D eigenvalue weighted by Crippen LogP contribution is 2.30. The molecule has 0 aliphatic carbocycles. The lowest BCUT2D eigenvalue weighted by Gasteiger charge is -2.14. The van der Waals surface area contributed by atoms with Crippen LogP contribution in [0.3, 0.4) is 0 Å². The predicted molar refractivity (Wildman–Crippen MR) is 71.2 cm³/mol. The van der Waals surface area contributed by atoms with E-state index in [2.05, 4.69) is 46.6 Å². The quantitative estimate of drug-likeness (QED) is 0.766. The monoisotopic (exact) mass is 315 g/mol. The van der Waals surface area contributed by atoms with Gasteiger partial charge in [0.25, 0.3) is 0 Å². The average molecular weight is 315 g/mol. The maximum Gasteiger partial charge on any atom is 0.123 e. The number of nitrogens with zero attached hydrogens (tertiary/aromatic N) is 1. The zero-order valence-corrected chi connectivity index (χ0v) is 11.3. The van der Waals surface area contributed by atoms with Crippen LogP contribution in [0.4, 0.5) is 0 Å². The van der Waals surface area contributed by atoms with E-state index in [1.54, 1.807) is 0 Å². The largest absolute Gasteiger partial charge is 0.491 e. The van der Waals surface area contributed by atoms with Gasteiger partial charge in [0.05, 0.1) is 12.6 Å². The van der Waals surface area contributed by atoms with Crippen LogP contribution in [0.15, 0.2) is 17.1 Å². The number of hydrogen-bond donors (Lipinski definition) is 0. The lowest BCUT2D eigenvalue weighted by Crippen LogP contribution is -2.07. The van der Waals surface area contributed by atoms with Crippen molar-refractivity contribution < 1.29 is 4.74 Å². The summed E-state index contributed by atoms with van der Waals surface area (Å²) >= 11 is 2.28. The summed E-state index contributed by atoms with van der Waals surface area (Å²) < 4.78 is 6.85. The summed E-state index contributed by atoms with van der Waals surface area (Å²) in [6.07, 6.45) is 0.220. The van der Waals surface area contributed by atoms with Crippen LogP contribution in [0.1, 0.15) is 30.5 Å². The SMILES string of the molecule is Cc1cc2c(cc1OC(C)C)C(I)=NC2. The Morgan fingerprint density at radius 2 is 2.13 bits per heavy atom. The Morgan fingerprint density at radius 3 is 2.80 bits per heavy atom. The molecule has 1 aromatic carbocycles. The van der Waals surface area contributed by atoms with Gasteiger partial charge in [0.2, 0.25) is 0 Å². The highest BCUT2D eigenvalue weighted by Gasteiger charge is 2.16. The van der Waals surface area contributed by atoms with E-state index in [0.29, 0.717) is 0 Å². The van der Waals surface area contributed by atoms with E-state index in [1.165, 1.54) is 16.7 Å². The van der Waals surface area contributed by atoms with Crippen molar-refractivity contribution in [3.05, 3.63) is 28.8 Å². The number of fused-ring (bicyclic) bond motifs is 1. The lowest BCUT2D eigenvalue weighted by molar-refractivity contribution is 0.240. The standard InChI is InChI=1S/C12H14INO/c1-7(2)15-11-5-10-9(4-8(11)3)6-14-12(10)13/h4-5,7H,6H2,1-3H3. The van der Waals surface area contributed by atoms with Gasteiger partial charge in [-0.2, -0.15) is 0 Å². The third-order valence-corrected chi connectivity index (χ3v) is 3.30. The normalized spacial score (nSPS) is 14.1. The van der Waals surface area contributed by atoms with Gasteiger partial charge in [0.1, 0.15) is 9.47 Å². The third-order valence-electron chi connectivity index (χ3n) is 2.37. The summed E-state index contributed by atoms with van der Waals surface area (Å²) in [6.45, 7) is 7.00. The van der Waals surface area contributed by atoms with Crippen LogP contribution in [-0.2, 0) is 6.54 Å². The molecule has 0 N–H and O–H groups in total. The molecule has 0 saturated carbocycles. The lowest BCUT2D eigenvalue weighted by atomic mass is 10.1. The highest BCUT2D eigenvalue weighted by molar-refractivity contribution is 14.1. The Hall–Kier alpha value is -0.580. The number of halogens is 1. The first-order valence-corrected chi connectivity index (χ1v) is 6.16. The van der Waals surface area contributed by atoms with E-state index >= 15 is 0 Å². The Balaban J connectivity index is 2.41. The van der Waals surface area contributed by atoms with Crippen LogP contribution in [0, 0.1) is 6.92 Å². The number of hydrogen-bond acceptors (Lipinski definition) is 2. The molecule has 0 spiro atoms. The first-order chi connectivity index (χ1) is 7.08. The maximum atomic E-state index is 5.76. The number of aryl methyl sites for hydroxylation is 1. The van der Waals surface area contributed by atoms with Crippen molar-refractivity contribution in [2.24, 2.45) is 4.99 Å². The molecule has 1 aliphatic heterocycles. The minimum absolute atomic E-state index is 0.220. The molecule has 0 amide bonds. The fourth-order valence-corrected chi connectivity index (χ4v) is 2.36. The molecule has 1 aromatic rings. The van der Waals surface area contributed by atoms with Crippen LogP contribution >= 0.6 is 22.6 Å². The minimum atomic E-state index is 0.220. The molecule has 0 fully saturated rings. The molecule has 0 radical (unpaired) electrons. The topological polar surface area (TPSA) is 21.6 Å². The van der Waals surface area contributed by atoms with Crippen LogP contribution in [-0.4, -0.2) is 9.82 Å². The fourth-order valence-electron chi connectivity index (χ4n) is 1.69. The molecular formula is C12H14INO. The molecule has 1 heterocycles. The molecule has 2 rings (SSSR count). The number of rotatable bonds is 2. The summed E-state index contributed by atoms with van der Waals surface area (Å²) in [5, 5.41) is 0. The molecule has 0 bridgehead atoms. The second-order valence-corrected chi connectivity index (χ2v) is 5.07. The van der Waals surface area contributed by atoms with E-state index in [4.69, 9.17) is 4.74 Å².